The summed E-state index contributed by atoms with van der Waals surface area (Å²) in [6, 6.07) is 11.5. The van der Waals surface area contributed by atoms with Crippen molar-refractivity contribution in [2.45, 2.75) is 19.8 Å². The molecule has 0 unspecified atom stereocenters. The minimum Gasteiger partial charge on any atom is -0.476 e. The quantitative estimate of drug-likeness (QED) is 0.893. The van der Waals surface area contributed by atoms with Crippen molar-refractivity contribution in [3.63, 3.8) is 0 Å². The van der Waals surface area contributed by atoms with Gasteiger partial charge in [-0.2, -0.15) is 0 Å². The lowest BCUT2D eigenvalue weighted by Gasteiger charge is -2.09. The maximum Gasteiger partial charge on any atom is 0.355 e. The number of rotatable bonds is 3. The van der Waals surface area contributed by atoms with Crippen molar-refractivity contribution in [1.82, 2.24) is 4.98 Å². The van der Waals surface area contributed by atoms with E-state index in [0.717, 1.165) is 5.56 Å². The highest BCUT2D eigenvalue weighted by atomic mass is 16.4. The Hall–Kier alpha value is -2.16. The number of aromatic carboxylic acids is 1. The number of carboxylic acid groups (broad SMARTS) is 1. The molecular weight excluding hydrogens is 226 g/mol. The molecule has 0 bridgehead atoms. The zero-order valence-corrected chi connectivity index (χ0v) is 10.4. The molecule has 1 aromatic heterocycles. The summed E-state index contributed by atoms with van der Waals surface area (Å²) in [6.45, 7) is 4.22. The van der Waals surface area contributed by atoms with Crippen LogP contribution < -0.4 is 0 Å². The highest BCUT2D eigenvalue weighted by Gasteiger charge is 2.13. The molecule has 18 heavy (non-hydrogen) atoms. The van der Waals surface area contributed by atoms with E-state index in [1.807, 2.05) is 24.3 Å². The Balaban J connectivity index is 2.55. The number of aromatic nitrogens is 1. The monoisotopic (exact) mass is 241 g/mol. The second-order valence-corrected chi connectivity index (χ2v) is 4.48. The molecule has 0 aliphatic carbocycles. The molecule has 0 aliphatic heterocycles. The van der Waals surface area contributed by atoms with Gasteiger partial charge in [-0.15, -0.1) is 0 Å². The summed E-state index contributed by atoms with van der Waals surface area (Å²) >= 11 is 0. The Labute approximate surface area is 106 Å². The van der Waals surface area contributed by atoms with Gasteiger partial charge in [-0.25, -0.2) is 9.78 Å². The maximum atomic E-state index is 11.2. The Kier molecular flexibility index (Phi) is 3.42. The highest BCUT2D eigenvalue weighted by molar-refractivity contribution is 5.93. The molecule has 0 spiro atoms. The van der Waals surface area contributed by atoms with Crippen LogP contribution in [0.1, 0.15) is 35.8 Å². The lowest BCUT2D eigenvalue weighted by atomic mass is 9.97. The van der Waals surface area contributed by atoms with Crippen molar-refractivity contribution in [3.05, 3.63) is 53.9 Å². The van der Waals surface area contributed by atoms with E-state index in [0.29, 0.717) is 11.5 Å². The second kappa shape index (κ2) is 5.00. The average Bonchev–Trinajstić information content (AvgIpc) is 2.39. The third-order valence-corrected chi connectivity index (χ3v) is 2.87. The number of hydrogen-bond donors (Lipinski definition) is 1. The number of hydrogen-bond acceptors (Lipinski definition) is 2. The fourth-order valence-electron chi connectivity index (χ4n) is 1.87. The zero-order chi connectivity index (χ0) is 13.1. The van der Waals surface area contributed by atoms with Crippen LogP contribution >= 0.6 is 0 Å². The van der Waals surface area contributed by atoms with Gasteiger partial charge in [0, 0.05) is 11.8 Å². The fourth-order valence-corrected chi connectivity index (χ4v) is 1.87. The summed E-state index contributed by atoms with van der Waals surface area (Å²) in [6.07, 6.45) is 1.50. The van der Waals surface area contributed by atoms with Gasteiger partial charge in [0.15, 0.2) is 5.69 Å². The Morgan fingerprint density at radius 3 is 2.67 bits per heavy atom. The van der Waals surface area contributed by atoms with Gasteiger partial charge in [-0.3, -0.25) is 0 Å². The number of pyridine rings is 1. The normalized spacial score (nSPS) is 10.6. The molecule has 0 atom stereocenters. The molecular formula is C15H15NO2. The molecule has 3 heteroatoms. The van der Waals surface area contributed by atoms with Crippen LogP contribution in [0.4, 0.5) is 0 Å². The summed E-state index contributed by atoms with van der Waals surface area (Å²) in [4.78, 5) is 15.1. The molecule has 1 heterocycles. The molecule has 0 fully saturated rings. The standard InChI is InChI=1S/C15H15NO2/c1-10(2)11-5-3-6-12(9-11)13-7-4-8-16-14(13)15(17)18/h3-10H,1-2H3,(H,17,18). The van der Waals surface area contributed by atoms with Crippen molar-refractivity contribution < 1.29 is 9.90 Å². The van der Waals surface area contributed by atoms with E-state index >= 15 is 0 Å². The lowest BCUT2D eigenvalue weighted by Crippen LogP contribution is -2.02. The average molecular weight is 241 g/mol. The summed E-state index contributed by atoms with van der Waals surface area (Å²) in [5.74, 6) is -0.588. The molecule has 3 nitrogen and oxygen atoms in total. The number of benzene rings is 1. The molecule has 0 radical (unpaired) electrons. The topological polar surface area (TPSA) is 50.2 Å². The van der Waals surface area contributed by atoms with Crippen LogP contribution in [0.2, 0.25) is 0 Å². The smallest absolute Gasteiger partial charge is 0.355 e. The first-order valence-electron chi connectivity index (χ1n) is 5.88. The van der Waals surface area contributed by atoms with Gasteiger partial charge in [-0.1, -0.05) is 44.2 Å². The second-order valence-electron chi connectivity index (χ2n) is 4.48. The first-order valence-corrected chi connectivity index (χ1v) is 5.88. The van der Waals surface area contributed by atoms with E-state index in [4.69, 9.17) is 5.11 Å². The summed E-state index contributed by atoms with van der Waals surface area (Å²) < 4.78 is 0. The predicted molar refractivity (Wildman–Crippen MR) is 70.7 cm³/mol. The van der Waals surface area contributed by atoms with E-state index in [1.54, 1.807) is 12.1 Å². The van der Waals surface area contributed by atoms with Crippen LogP contribution in [-0.4, -0.2) is 16.1 Å². The zero-order valence-electron chi connectivity index (χ0n) is 10.4. The van der Waals surface area contributed by atoms with Crippen LogP contribution in [0.25, 0.3) is 11.1 Å². The molecule has 1 aromatic carbocycles. The van der Waals surface area contributed by atoms with E-state index < -0.39 is 5.97 Å². The van der Waals surface area contributed by atoms with Gasteiger partial charge < -0.3 is 5.11 Å². The van der Waals surface area contributed by atoms with E-state index in [2.05, 4.69) is 18.8 Å². The highest BCUT2D eigenvalue weighted by Crippen LogP contribution is 2.25. The van der Waals surface area contributed by atoms with Crippen molar-refractivity contribution in [2.75, 3.05) is 0 Å². The van der Waals surface area contributed by atoms with E-state index in [9.17, 15) is 4.79 Å². The van der Waals surface area contributed by atoms with Crippen molar-refractivity contribution in [2.24, 2.45) is 0 Å². The molecule has 2 aromatic rings. The summed E-state index contributed by atoms with van der Waals surface area (Å²) in [5, 5.41) is 9.14. The minimum atomic E-state index is -0.999. The number of carbonyl (C=O) groups is 1. The van der Waals surface area contributed by atoms with Crippen LogP contribution in [-0.2, 0) is 0 Å². The minimum absolute atomic E-state index is 0.0957. The number of carboxylic acids is 1. The molecule has 92 valence electrons. The van der Waals surface area contributed by atoms with E-state index in [1.165, 1.54) is 11.8 Å². The summed E-state index contributed by atoms with van der Waals surface area (Å²) in [5.41, 5.74) is 2.84. The third-order valence-electron chi connectivity index (χ3n) is 2.87. The molecule has 0 amide bonds. The maximum absolute atomic E-state index is 11.2. The summed E-state index contributed by atoms with van der Waals surface area (Å²) in [7, 11) is 0. The van der Waals surface area contributed by atoms with Gasteiger partial charge in [0.05, 0.1) is 0 Å². The SMILES string of the molecule is CC(C)c1cccc(-c2cccnc2C(=O)O)c1. The van der Waals surface area contributed by atoms with Crippen molar-refractivity contribution in [1.29, 1.82) is 0 Å². The predicted octanol–water partition coefficient (Wildman–Crippen LogP) is 3.57. The van der Waals surface area contributed by atoms with Gasteiger partial charge in [-0.05, 0) is 23.1 Å². The van der Waals surface area contributed by atoms with Crippen molar-refractivity contribution in [3.8, 4) is 11.1 Å². The van der Waals surface area contributed by atoms with Crippen LogP contribution in [0.5, 0.6) is 0 Å². The van der Waals surface area contributed by atoms with Gasteiger partial charge in [0.1, 0.15) is 0 Å². The van der Waals surface area contributed by atoms with E-state index in [-0.39, 0.29) is 5.69 Å². The van der Waals surface area contributed by atoms with Gasteiger partial charge in [0.2, 0.25) is 0 Å². The first kappa shape index (κ1) is 12.3. The fraction of sp³-hybridized carbons (Fsp3) is 0.200. The van der Waals surface area contributed by atoms with Gasteiger partial charge in [0.25, 0.3) is 0 Å². The molecule has 0 aliphatic rings. The van der Waals surface area contributed by atoms with Gasteiger partial charge >= 0.3 is 5.97 Å². The Morgan fingerprint density at radius 2 is 2.00 bits per heavy atom. The van der Waals surface area contributed by atoms with Crippen LogP contribution in [0.15, 0.2) is 42.6 Å². The lowest BCUT2D eigenvalue weighted by molar-refractivity contribution is 0.0691. The Morgan fingerprint density at radius 1 is 1.22 bits per heavy atom. The Bertz CT molecular complexity index is 576. The number of nitrogens with zero attached hydrogens (tertiary/aromatic N) is 1. The molecule has 0 saturated heterocycles. The molecule has 2 rings (SSSR count). The van der Waals surface area contributed by atoms with Crippen LogP contribution in [0, 0.1) is 0 Å². The van der Waals surface area contributed by atoms with Crippen LogP contribution in [0.3, 0.4) is 0 Å². The largest absolute Gasteiger partial charge is 0.476 e. The first-order chi connectivity index (χ1) is 8.59. The molecule has 1 N–H and O–H groups in total. The third kappa shape index (κ3) is 2.40. The van der Waals surface area contributed by atoms with Crippen molar-refractivity contribution >= 4 is 5.97 Å². The molecule has 0 saturated carbocycles.